The number of rotatable bonds is 7. The Hall–Kier alpha value is -2.69. The maximum Gasteiger partial charge on any atom is 0.228 e. The quantitative estimate of drug-likeness (QED) is 0.603. The Morgan fingerprint density at radius 2 is 1.73 bits per heavy atom. The Kier molecular flexibility index (Phi) is 7.46. The molecule has 176 valence electrons. The number of nitrogens with zero attached hydrogens (tertiary/aromatic N) is 3. The molecular formula is C28H37N3O2. The van der Waals surface area contributed by atoms with E-state index in [9.17, 15) is 9.59 Å². The zero-order valence-electron chi connectivity index (χ0n) is 20.1. The minimum Gasteiger partial charge on any atom is -0.348 e. The van der Waals surface area contributed by atoms with E-state index >= 15 is 0 Å². The number of aromatic nitrogens is 1. The van der Waals surface area contributed by atoms with Gasteiger partial charge in [-0.1, -0.05) is 56.0 Å². The number of benzene rings is 1. The molecule has 1 aliphatic carbocycles. The van der Waals surface area contributed by atoms with Crippen molar-refractivity contribution in [2.45, 2.75) is 57.8 Å². The third-order valence-electron chi connectivity index (χ3n) is 7.67. The highest BCUT2D eigenvalue weighted by Gasteiger charge is 2.43. The van der Waals surface area contributed by atoms with Crippen LogP contribution in [0.2, 0.25) is 0 Å². The summed E-state index contributed by atoms with van der Waals surface area (Å²) in [5.74, 6) is 1.19. The number of piperidine rings is 1. The maximum absolute atomic E-state index is 13.3. The Morgan fingerprint density at radius 3 is 2.33 bits per heavy atom. The van der Waals surface area contributed by atoms with Gasteiger partial charge >= 0.3 is 0 Å². The van der Waals surface area contributed by atoms with Crippen LogP contribution in [-0.4, -0.2) is 53.8 Å². The third kappa shape index (κ3) is 5.63. The summed E-state index contributed by atoms with van der Waals surface area (Å²) < 4.78 is 0. The molecule has 2 fully saturated rings. The predicted octanol–water partition coefficient (Wildman–Crippen LogP) is 4.96. The van der Waals surface area contributed by atoms with Gasteiger partial charge in [0.15, 0.2) is 0 Å². The molecule has 0 unspecified atom stereocenters. The Balaban J connectivity index is 1.41. The van der Waals surface area contributed by atoms with Gasteiger partial charge in [0, 0.05) is 46.0 Å². The van der Waals surface area contributed by atoms with Crippen molar-refractivity contribution in [3.05, 3.63) is 54.4 Å². The fraction of sp³-hybridized carbons (Fsp3) is 0.536. The number of hydrogen-bond donors (Lipinski definition) is 0. The van der Waals surface area contributed by atoms with Crippen molar-refractivity contribution in [1.82, 2.24) is 14.8 Å². The monoisotopic (exact) mass is 447 g/mol. The number of amides is 2. The van der Waals surface area contributed by atoms with Gasteiger partial charge < -0.3 is 9.80 Å². The molecule has 1 saturated carbocycles. The van der Waals surface area contributed by atoms with Crippen LogP contribution < -0.4 is 0 Å². The average Bonchev–Trinajstić information content (AvgIpc) is 3.37. The second kappa shape index (κ2) is 10.5. The maximum atomic E-state index is 13.3. The molecule has 1 aliphatic heterocycles. The van der Waals surface area contributed by atoms with Crippen molar-refractivity contribution in [2.24, 2.45) is 11.3 Å². The topological polar surface area (TPSA) is 53.5 Å². The van der Waals surface area contributed by atoms with Gasteiger partial charge in [0.1, 0.15) is 0 Å². The van der Waals surface area contributed by atoms with Crippen LogP contribution in [0.15, 0.2) is 48.8 Å². The summed E-state index contributed by atoms with van der Waals surface area (Å²) >= 11 is 0. The average molecular weight is 448 g/mol. The van der Waals surface area contributed by atoms with Crippen molar-refractivity contribution in [2.75, 3.05) is 27.2 Å². The van der Waals surface area contributed by atoms with Gasteiger partial charge in [-0.05, 0) is 54.4 Å². The molecule has 5 nitrogen and oxygen atoms in total. The SMILES string of the molecule is CN(C)C(=O)C1(Cc2ccc(-c3cccnc3)cc2)CCN(C(=O)CCC2CCCC2)CC1. The van der Waals surface area contributed by atoms with E-state index < -0.39 is 5.41 Å². The van der Waals surface area contributed by atoms with E-state index in [4.69, 9.17) is 0 Å². The van der Waals surface area contributed by atoms with Crippen molar-refractivity contribution in [3.63, 3.8) is 0 Å². The van der Waals surface area contributed by atoms with Gasteiger partial charge in [-0.25, -0.2) is 0 Å². The van der Waals surface area contributed by atoms with E-state index in [0.29, 0.717) is 25.9 Å². The van der Waals surface area contributed by atoms with E-state index in [1.165, 1.54) is 31.2 Å². The normalized spacial score (nSPS) is 18.3. The number of likely N-dealkylation sites (tertiary alicyclic amines) is 1. The summed E-state index contributed by atoms with van der Waals surface area (Å²) in [5.41, 5.74) is 2.94. The highest BCUT2D eigenvalue weighted by atomic mass is 16.2. The van der Waals surface area contributed by atoms with Crippen molar-refractivity contribution >= 4 is 11.8 Å². The number of carbonyl (C=O) groups excluding carboxylic acids is 2. The summed E-state index contributed by atoms with van der Waals surface area (Å²) in [6, 6.07) is 12.5. The first-order valence-electron chi connectivity index (χ1n) is 12.5. The molecule has 1 aromatic heterocycles. The lowest BCUT2D eigenvalue weighted by molar-refractivity contribution is -0.146. The highest BCUT2D eigenvalue weighted by molar-refractivity contribution is 5.83. The summed E-state index contributed by atoms with van der Waals surface area (Å²) in [6.07, 6.45) is 12.7. The van der Waals surface area contributed by atoms with Gasteiger partial charge in [-0.2, -0.15) is 0 Å². The Morgan fingerprint density at radius 1 is 1.03 bits per heavy atom. The number of hydrogen-bond acceptors (Lipinski definition) is 3. The van der Waals surface area contributed by atoms with E-state index in [-0.39, 0.29) is 11.8 Å². The van der Waals surface area contributed by atoms with Gasteiger partial charge in [-0.3, -0.25) is 14.6 Å². The van der Waals surface area contributed by atoms with Crippen LogP contribution in [0.5, 0.6) is 0 Å². The van der Waals surface area contributed by atoms with E-state index in [2.05, 4.69) is 35.3 Å². The van der Waals surface area contributed by atoms with Gasteiger partial charge in [0.05, 0.1) is 5.41 Å². The summed E-state index contributed by atoms with van der Waals surface area (Å²) in [5, 5.41) is 0. The molecule has 2 amide bonds. The van der Waals surface area contributed by atoms with Crippen LogP contribution in [0.3, 0.4) is 0 Å². The minimum atomic E-state index is -0.443. The summed E-state index contributed by atoms with van der Waals surface area (Å²) in [4.78, 5) is 34.1. The van der Waals surface area contributed by atoms with E-state index in [1.54, 1.807) is 11.1 Å². The van der Waals surface area contributed by atoms with Gasteiger partial charge in [-0.15, -0.1) is 0 Å². The molecule has 2 aromatic rings. The Bertz CT molecular complexity index is 925. The standard InChI is InChI=1S/C28H37N3O2/c1-30(2)27(33)28(20-23-9-12-24(13-10-23)25-8-5-17-29-21-25)15-18-31(19-16-28)26(32)14-11-22-6-3-4-7-22/h5,8-10,12-13,17,21-22H,3-4,6-7,11,14-16,18-20H2,1-2H3. The summed E-state index contributed by atoms with van der Waals surface area (Å²) in [7, 11) is 3.68. The molecule has 5 heteroatoms. The second-order valence-electron chi connectivity index (χ2n) is 10.2. The molecule has 33 heavy (non-hydrogen) atoms. The van der Waals surface area contributed by atoms with Crippen LogP contribution in [0, 0.1) is 11.3 Å². The Labute approximate surface area is 198 Å². The molecule has 1 aromatic carbocycles. The van der Waals surface area contributed by atoms with Crippen LogP contribution >= 0.6 is 0 Å². The van der Waals surface area contributed by atoms with Crippen molar-refractivity contribution in [3.8, 4) is 11.1 Å². The van der Waals surface area contributed by atoms with Crippen molar-refractivity contribution in [1.29, 1.82) is 0 Å². The molecule has 0 radical (unpaired) electrons. The minimum absolute atomic E-state index is 0.178. The smallest absolute Gasteiger partial charge is 0.228 e. The zero-order chi connectivity index (χ0) is 23.3. The fourth-order valence-electron chi connectivity index (χ4n) is 5.65. The van der Waals surface area contributed by atoms with E-state index in [0.717, 1.165) is 36.3 Å². The molecule has 2 aliphatic rings. The first-order valence-corrected chi connectivity index (χ1v) is 12.5. The summed E-state index contributed by atoms with van der Waals surface area (Å²) in [6.45, 7) is 1.35. The highest BCUT2D eigenvalue weighted by Crippen LogP contribution is 2.38. The number of carbonyl (C=O) groups is 2. The van der Waals surface area contributed by atoms with Gasteiger partial charge in [0.2, 0.25) is 11.8 Å². The van der Waals surface area contributed by atoms with Crippen LogP contribution in [0.1, 0.15) is 56.9 Å². The van der Waals surface area contributed by atoms with Crippen LogP contribution in [-0.2, 0) is 16.0 Å². The zero-order valence-corrected chi connectivity index (χ0v) is 20.1. The molecule has 0 spiro atoms. The molecule has 0 bridgehead atoms. The molecule has 1 saturated heterocycles. The fourth-order valence-corrected chi connectivity index (χ4v) is 5.65. The predicted molar refractivity (Wildman–Crippen MR) is 132 cm³/mol. The van der Waals surface area contributed by atoms with Crippen LogP contribution in [0.25, 0.3) is 11.1 Å². The van der Waals surface area contributed by atoms with E-state index in [1.807, 2.05) is 31.3 Å². The van der Waals surface area contributed by atoms with Gasteiger partial charge in [0.25, 0.3) is 0 Å². The molecule has 0 N–H and O–H groups in total. The van der Waals surface area contributed by atoms with Crippen molar-refractivity contribution < 1.29 is 9.59 Å². The lowest BCUT2D eigenvalue weighted by Crippen LogP contribution is -2.51. The van der Waals surface area contributed by atoms with Crippen LogP contribution in [0.4, 0.5) is 0 Å². The lowest BCUT2D eigenvalue weighted by atomic mass is 9.72. The third-order valence-corrected chi connectivity index (χ3v) is 7.67. The molecule has 0 atom stereocenters. The lowest BCUT2D eigenvalue weighted by Gasteiger charge is -2.42. The molecular weight excluding hydrogens is 410 g/mol. The first kappa shape index (κ1) is 23.5. The molecule has 4 rings (SSSR count). The number of pyridine rings is 1. The molecule has 2 heterocycles. The second-order valence-corrected chi connectivity index (χ2v) is 10.2. The largest absolute Gasteiger partial charge is 0.348 e. The first-order chi connectivity index (χ1) is 16.0.